The predicted octanol–water partition coefficient (Wildman–Crippen LogP) is 3.32. The summed E-state index contributed by atoms with van der Waals surface area (Å²) in [6.07, 6.45) is -4.17. The van der Waals surface area contributed by atoms with Crippen LogP contribution in [-0.4, -0.2) is 48.9 Å². The molecular formula is C15H19F3N2OS. The van der Waals surface area contributed by atoms with Crippen LogP contribution in [0.15, 0.2) is 23.1 Å². The zero-order chi connectivity index (χ0) is 16.3. The number of anilines is 1. The second kappa shape index (κ2) is 6.81. The van der Waals surface area contributed by atoms with E-state index in [0.29, 0.717) is 31.1 Å². The van der Waals surface area contributed by atoms with Crippen LogP contribution in [0.1, 0.15) is 12.5 Å². The number of rotatable bonds is 3. The first-order valence-corrected chi connectivity index (χ1v) is 8.05. The van der Waals surface area contributed by atoms with Gasteiger partial charge in [0.05, 0.1) is 5.75 Å². The number of carbonyl (C=O) groups excluding carboxylic acids is 1. The third-order valence-corrected chi connectivity index (χ3v) is 4.88. The molecule has 0 aromatic heterocycles. The van der Waals surface area contributed by atoms with Crippen LogP contribution in [0.3, 0.4) is 0 Å². The molecule has 122 valence electrons. The van der Waals surface area contributed by atoms with Gasteiger partial charge in [0.2, 0.25) is 5.91 Å². The van der Waals surface area contributed by atoms with E-state index in [1.807, 2.05) is 25.1 Å². The molecule has 0 spiro atoms. The van der Waals surface area contributed by atoms with Gasteiger partial charge < -0.3 is 9.80 Å². The van der Waals surface area contributed by atoms with Gasteiger partial charge in [0.1, 0.15) is 0 Å². The Morgan fingerprint density at radius 1 is 1.23 bits per heavy atom. The molecule has 1 heterocycles. The molecule has 0 N–H and O–H groups in total. The quantitative estimate of drug-likeness (QED) is 0.794. The molecule has 1 aliphatic heterocycles. The van der Waals surface area contributed by atoms with Crippen molar-refractivity contribution in [1.82, 2.24) is 4.90 Å². The summed E-state index contributed by atoms with van der Waals surface area (Å²) in [6.45, 7) is 6.06. The van der Waals surface area contributed by atoms with E-state index in [1.165, 1.54) is 0 Å². The molecular weight excluding hydrogens is 313 g/mol. The van der Waals surface area contributed by atoms with Gasteiger partial charge >= 0.3 is 6.18 Å². The smallest absolute Gasteiger partial charge is 0.368 e. The number of carbonyl (C=O) groups is 1. The minimum atomic E-state index is -4.17. The summed E-state index contributed by atoms with van der Waals surface area (Å²) >= 11 is 0.821. The van der Waals surface area contributed by atoms with Gasteiger partial charge in [-0.1, -0.05) is 6.07 Å². The lowest BCUT2D eigenvalue weighted by Crippen LogP contribution is -2.48. The molecule has 7 heteroatoms. The van der Waals surface area contributed by atoms with E-state index in [2.05, 4.69) is 4.90 Å². The summed E-state index contributed by atoms with van der Waals surface area (Å²) < 4.78 is 37.1. The largest absolute Gasteiger partial charge is 0.398 e. The van der Waals surface area contributed by atoms with Crippen LogP contribution in [0, 0.1) is 6.92 Å². The van der Waals surface area contributed by atoms with Crippen molar-refractivity contribution in [3.05, 3.63) is 23.8 Å². The van der Waals surface area contributed by atoms with Crippen LogP contribution in [0.25, 0.3) is 0 Å². The van der Waals surface area contributed by atoms with E-state index in [0.717, 1.165) is 23.0 Å². The van der Waals surface area contributed by atoms with Crippen LogP contribution in [0.5, 0.6) is 0 Å². The third-order valence-electron chi connectivity index (χ3n) is 3.65. The highest BCUT2D eigenvalue weighted by Gasteiger charge is 2.27. The van der Waals surface area contributed by atoms with E-state index in [4.69, 9.17) is 0 Å². The number of hydrogen-bond acceptors (Lipinski definition) is 3. The van der Waals surface area contributed by atoms with Crippen molar-refractivity contribution in [2.75, 3.05) is 36.8 Å². The maximum atomic E-state index is 12.4. The molecule has 1 amide bonds. The lowest BCUT2D eigenvalue weighted by Gasteiger charge is -2.35. The predicted molar refractivity (Wildman–Crippen MR) is 82.4 cm³/mol. The number of hydrogen-bond donors (Lipinski definition) is 0. The van der Waals surface area contributed by atoms with E-state index >= 15 is 0 Å². The van der Waals surface area contributed by atoms with Gasteiger partial charge in [-0.05, 0) is 24.6 Å². The molecule has 0 atom stereocenters. The van der Waals surface area contributed by atoms with Crippen molar-refractivity contribution in [1.29, 1.82) is 0 Å². The van der Waals surface area contributed by atoms with Gasteiger partial charge in [-0.3, -0.25) is 4.79 Å². The SMILES string of the molecule is CC(=O)N1CCN(c2ccc(C)c(SCC(F)(F)F)c2)CC1. The van der Waals surface area contributed by atoms with Crippen LogP contribution < -0.4 is 4.90 Å². The third kappa shape index (κ3) is 4.56. The van der Waals surface area contributed by atoms with Gasteiger partial charge in [0, 0.05) is 43.7 Å². The number of halogens is 3. The average molecular weight is 332 g/mol. The molecule has 3 nitrogen and oxygen atoms in total. The summed E-state index contributed by atoms with van der Waals surface area (Å²) in [4.78, 5) is 15.9. The highest BCUT2D eigenvalue weighted by molar-refractivity contribution is 7.99. The Labute approximate surface area is 132 Å². The first-order chi connectivity index (χ1) is 10.3. The van der Waals surface area contributed by atoms with Gasteiger partial charge in [0.25, 0.3) is 0 Å². The highest BCUT2D eigenvalue weighted by atomic mass is 32.2. The van der Waals surface area contributed by atoms with E-state index in [1.54, 1.807) is 11.8 Å². The first kappa shape index (κ1) is 17.0. The Balaban J connectivity index is 2.05. The fourth-order valence-corrected chi connectivity index (χ4v) is 3.20. The standard InChI is InChI=1S/C15H19F3N2OS/c1-11-3-4-13(9-14(11)22-10-15(16,17)18)20-7-5-19(6-8-20)12(2)21/h3-4,9H,5-8,10H2,1-2H3. The van der Waals surface area contributed by atoms with Crippen LogP contribution >= 0.6 is 11.8 Å². The molecule has 22 heavy (non-hydrogen) atoms. The number of benzene rings is 1. The number of amides is 1. The molecule has 1 aromatic rings. The Bertz CT molecular complexity index is 540. The number of aryl methyl sites for hydroxylation is 1. The molecule has 0 saturated carbocycles. The molecule has 2 rings (SSSR count). The molecule has 1 saturated heterocycles. The molecule has 0 aliphatic carbocycles. The van der Waals surface area contributed by atoms with Crippen molar-refractivity contribution in [3.8, 4) is 0 Å². The molecule has 0 radical (unpaired) electrons. The zero-order valence-electron chi connectivity index (χ0n) is 12.6. The number of nitrogens with zero attached hydrogens (tertiary/aromatic N) is 2. The maximum Gasteiger partial charge on any atom is 0.398 e. The molecule has 0 bridgehead atoms. The normalized spacial score (nSPS) is 16.0. The fourth-order valence-electron chi connectivity index (χ4n) is 2.38. The van der Waals surface area contributed by atoms with Crippen molar-refractivity contribution < 1.29 is 18.0 Å². The number of thioether (sulfide) groups is 1. The average Bonchev–Trinajstić information content (AvgIpc) is 2.45. The topological polar surface area (TPSA) is 23.6 Å². The minimum absolute atomic E-state index is 0.0602. The molecule has 1 fully saturated rings. The summed E-state index contributed by atoms with van der Waals surface area (Å²) in [6, 6.07) is 5.59. The Morgan fingerprint density at radius 3 is 2.41 bits per heavy atom. The van der Waals surface area contributed by atoms with Gasteiger partial charge in [-0.15, -0.1) is 11.8 Å². The monoisotopic (exact) mass is 332 g/mol. The summed E-state index contributed by atoms with van der Waals surface area (Å²) in [7, 11) is 0. The number of piperazine rings is 1. The lowest BCUT2D eigenvalue weighted by atomic mass is 10.2. The van der Waals surface area contributed by atoms with Gasteiger partial charge in [-0.2, -0.15) is 13.2 Å². The zero-order valence-corrected chi connectivity index (χ0v) is 13.4. The van der Waals surface area contributed by atoms with E-state index in [9.17, 15) is 18.0 Å². The van der Waals surface area contributed by atoms with E-state index < -0.39 is 11.9 Å². The van der Waals surface area contributed by atoms with Crippen LogP contribution in [0.4, 0.5) is 18.9 Å². The maximum absolute atomic E-state index is 12.4. The van der Waals surface area contributed by atoms with Gasteiger partial charge in [-0.25, -0.2) is 0 Å². The Morgan fingerprint density at radius 2 is 1.86 bits per heavy atom. The fraction of sp³-hybridized carbons (Fsp3) is 0.533. The second-order valence-electron chi connectivity index (χ2n) is 5.35. The Kier molecular flexibility index (Phi) is 5.26. The molecule has 1 aromatic carbocycles. The van der Waals surface area contributed by atoms with Crippen molar-refractivity contribution >= 4 is 23.4 Å². The number of alkyl halides is 3. The first-order valence-electron chi connectivity index (χ1n) is 7.07. The van der Waals surface area contributed by atoms with Crippen LogP contribution in [-0.2, 0) is 4.79 Å². The molecule has 1 aliphatic rings. The van der Waals surface area contributed by atoms with Crippen molar-refractivity contribution in [2.24, 2.45) is 0 Å². The van der Waals surface area contributed by atoms with E-state index in [-0.39, 0.29) is 5.91 Å². The Hall–Kier alpha value is -1.37. The summed E-state index contributed by atoms with van der Waals surface area (Å²) in [5.74, 6) is -0.819. The molecule has 0 unspecified atom stereocenters. The lowest BCUT2D eigenvalue weighted by molar-refractivity contribution is -0.129. The van der Waals surface area contributed by atoms with Crippen LogP contribution in [0.2, 0.25) is 0 Å². The summed E-state index contributed by atoms with van der Waals surface area (Å²) in [5, 5.41) is 0. The minimum Gasteiger partial charge on any atom is -0.368 e. The summed E-state index contributed by atoms with van der Waals surface area (Å²) in [5.41, 5.74) is 1.76. The van der Waals surface area contributed by atoms with Crippen molar-refractivity contribution in [2.45, 2.75) is 24.9 Å². The highest BCUT2D eigenvalue weighted by Crippen LogP contribution is 2.32. The van der Waals surface area contributed by atoms with Crippen molar-refractivity contribution in [3.63, 3.8) is 0 Å². The van der Waals surface area contributed by atoms with Gasteiger partial charge in [0.15, 0.2) is 0 Å². The second-order valence-corrected chi connectivity index (χ2v) is 6.36.